The van der Waals surface area contributed by atoms with Gasteiger partial charge in [-0.2, -0.15) is 0 Å². The van der Waals surface area contributed by atoms with Crippen molar-refractivity contribution >= 4 is 28.7 Å². The molecular formula is C66H62O13. The quantitative estimate of drug-likeness (QED) is 0.0470. The van der Waals surface area contributed by atoms with E-state index in [1.54, 1.807) is 84.9 Å². The van der Waals surface area contributed by atoms with Crippen molar-refractivity contribution in [2.75, 3.05) is 13.2 Å². The Morgan fingerprint density at radius 1 is 0.380 bits per heavy atom. The third kappa shape index (κ3) is 14.5. The summed E-state index contributed by atoms with van der Waals surface area (Å²) >= 11 is 0. The molecule has 0 bridgehead atoms. The first-order valence-electron chi connectivity index (χ1n) is 26.6. The van der Waals surface area contributed by atoms with Crippen LogP contribution in [0.5, 0.6) is 0 Å². The Hall–Kier alpha value is -7.85. The minimum atomic E-state index is -1.42. The first-order chi connectivity index (χ1) is 38.8. The van der Waals surface area contributed by atoms with Crippen LogP contribution in [0.25, 0.3) is 10.8 Å². The Kier molecular flexibility index (Phi) is 18.7. The number of rotatable bonds is 22. The predicted octanol–water partition coefficient (Wildman–Crippen LogP) is 11.3. The smallest absolute Gasteiger partial charge is 0.338 e. The van der Waals surface area contributed by atoms with E-state index in [2.05, 4.69) is 0 Å². The summed E-state index contributed by atoms with van der Waals surface area (Å²) in [6.07, 6.45) is -11.1. The van der Waals surface area contributed by atoms with E-state index in [9.17, 15) is 14.4 Å². The molecule has 2 aliphatic heterocycles. The fraction of sp³-hybridized carbons (Fsp3) is 0.258. The van der Waals surface area contributed by atoms with Crippen LogP contribution in [0.2, 0.25) is 0 Å². The van der Waals surface area contributed by atoms with Gasteiger partial charge in [0.15, 0.2) is 18.5 Å². The molecule has 0 N–H and O–H groups in total. The van der Waals surface area contributed by atoms with Gasteiger partial charge in [0.2, 0.25) is 0 Å². The summed E-state index contributed by atoms with van der Waals surface area (Å²) in [6.45, 7) is 1.91. The Balaban J connectivity index is 1.07. The van der Waals surface area contributed by atoms with Crippen LogP contribution in [-0.2, 0) is 73.8 Å². The van der Waals surface area contributed by atoms with Gasteiger partial charge in [-0.1, -0.05) is 182 Å². The summed E-state index contributed by atoms with van der Waals surface area (Å²) in [5, 5.41) is 2.05. The van der Waals surface area contributed by atoms with Gasteiger partial charge in [-0.3, -0.25) is 0 Å². The average Bonchev–Trinajstić information content (AvgIpc) is 3.59. The van der Waals surface area contributed by atoms with Gasteiger partial charge < -0.3 is 47.4 Å². The largest absolute Gasteiger partial charge is 0.459 e. The van der Waals surface area contributed by atoms with Gasteiger partial charge in [0, 0.05) is 0 Å². The highest BCUT2D eigenvalue weighted by atomic mass is 16.7. The molecular weight excluding hydrogens is 1000 g/mol. The van der Waals surface area contributed by atoms with Crippen LogP contribution in [0.3, 0.4) is 0 Å². The molecule has 0 spiro atoms. The van der Waals surface area contributed by atoms with Gasteiger partial charge in [0.1, 0.15) is 43.2 Å². The number of fused-ring (bicyclic) bond motifs is 1. The molecule has 2 fully saturated rings. The van der Waals surface area contributed by atoms with Gasteiger partial charge >= 0.3 is 17.9 Å². The molecule has 13 nitrogen and oxygen atoms in total. The second-order valence-corrected chi connectivity index (χ2v) is 19.4. The lowest BCUT2D eigenvalue weighted by Crippen LogP contribution is -2.66. The van der Waals surface area contributed by atoms with E-state index < -0.39 is 85.7 Å². The van der Waals surface area contributed by atoms with Gasteiger partial charge in [0.25, 0.3) is 0 Å². The SMILES string of the molecule is CC1OC(COCc2ccccc2)C(OCc2ccccc2)C(OC2OC(COC(=O)c3ccccc3)C(OC(=O)c3ccccc3)C(OCc3ccc4ccccc4c3)C2OCc2ccccc2)C1OC(=O)c1ccccc1. The molecule has 0 aromatic heterocycles. The van der Waals surface area contributed by atoms with Crippen LogP contribution in [0, 0.1) is 0 Å². The Bertz CT molecular complexity index is 3170. The molecule has 10 unspecified atom stereocenters. The number of carbonyl (C=O) groups excluding carboxylic acids is 3. The lowest BCUT2D eigenvalue weighted by Gasteiger charge is -2.49. The molecule has 404 valence electrons. The van der Waals surface area contributed by atoms with Crippen molar-refractivity contribution in [3.8, 4) is 0 Å². The summed E-state index contributed by atoms with van der Waals surface area (Å²) in [5.74, 6) is -1.93. The van der Waals surface area contributed by atoms with E-state index in [0.29, 0.717) is 11.1 Å². The molecule has 13 heteroatoms. The van der Waals surface area contributed by atoms with Crippen molar-refractivity contribution in [3.63, 3.8) is 0 Å². The van der Waals surface area contributed by atoms with Crippen molar-refractivity contribution in [1.82, 2.24) is 0 Å². The molecule has 2 aliphatic rings. The van der Waals surface area contributed by atoms with E-state index in [-0.39, 0.29) is 38.6 Å². The molecule has 2 heterocycles. The Morgan fingerprint density at radius 2 is 0.823 bits per heavy atom. The molecule has 79 heavy (non-hydrogen) atoms. The highest BCUT2D eigenvalue weighted by Gasteiger charge is 2.55. The van der Waals surface area contributed by atoms with Crippen molar-refractivity contribution in [2.45, 2.75) is 94.6 Å². The first kappa shape index (κ1) is 54.5. The van der Waals surface area contributed by atoms with Crippen molar-refractivity contribution in [3.05, 3.63) is 263 Å². The highest BCUT2D eigenvalue weighted by molar-refractivity contribution is 5.90. The fourth-order valence-corrected chi connectivity index (χ4v) is 9.80. The lowest BCUT2D eigenvalue weighted by molar-refractivity contribution is -0.354. The summed E-state index contributed by atoms with van der Waals surface area (Å²) in [4.78, 5) is 42.5. The molecule has 0 saturated carbocycles. The minimum absolute atomic E-state index is 0.0264. The second-order valence-electron chi connectivity index (χ2n) is 19.4. The van der Waals surface area contributed by atoms with E-state index >= 15 is 0 Å². The fourth-order valence-electron chi connectivity index (χ4n) is 9.80. The number of hydrogen-bond donors (Lipinski definition) is 0. The predicted molar refractivity (Wildman–Crippen MR) is 295 cm³/mol. The van der Waals surface area contributed by atoms with Crippen molar-refractivity contribution in [2.24, 2.45) is 0 Å². The average molecular weight is 1060 g/mol. The maximum Gasteiger partial charge on any atom is 0.338 e. The molecule has 0 radical (unpaired) electrons. The monoisotopic (exact) mass is 1060 g/mol. The van der Waals surface area contributed by atoms with Gasteiger partial charge in [0.05, 0.1) is 55.8 Å². The van der Waals surface area contributed by atoms with Crippen LogP contribution >= 0.6 is 0 Å². The Morgan fingerprint density at radius 3 is 1.39 bits per heavy atom. The van der Waals surface area contributed by atoms with Crippen molar-refractivity contribution < 1.29 is 61.8 Å². The summed E-state index contributed by atoms with van der Waals surface area (Å²) < 4.78 is 67.7. The van der Waals surface area contributed by atoms with E-state index in [1.165, 1.54) is 0 Å². The normalized spacial score (nSPS) is 22.8. The van der Waals surface area contributed by atoms with Crippen LogP contribution in [0.1, 0.15) is 60.3 Å². The number of benzene rings is 8. The Labute approximate surface area is 459 Å². The zero-order valence-corrected chi connectivity index (χ0v) is 43.7. The first-order valence-corrected chi connectivity index (χ1v) is 26.6. The van der Waals surface area contributed by atoms with Crippen LogP contribution < -0.4 is 0 Å². The van der Waals surface area contributed by atoms with Crippen LogP contribution in [-0.4, -0.2) is 92.3 Å². The number of hydrogen-bond acceptors (Lipinski definition) is 13. The molecule has 2 saturated heterocycles. The van der Waals surface area contributed by atoms with Crippen molar-refractivity contribution in [1.29, 1.82) is 0 Å². The van der Waals surface area contributed by atoms with Gasteiger partial charge in [-0.25, -0.2) is 14.4 Å². The van der Waals surface area contributed by atoms with Gasteiger partial charge in [-0.05, 0) is 82.4 Å². The maximum atomic E-state index is 14.4. The highest BCUT2D eigenvalue weighted by Crippen LogP contribution is 2.37. The minimum Gasteiger partial charge on any atom is -0.459 e. The maximum absolute atomic E-state index is 14.4. The molecule has 0 amide bonds. The third-order valence-electron chi connectivity index (χ3n) is 13.9. The number of esters is 3. The number of carbonyl (C=O) groups is 3. The standard InChI is InChI=1S/C66H62O13/c1-45-57(77-64(68)52-31-16-6-17-32-52)61(58(71-40-47-24-10-3-11-25-47)55(75-45)43-70-39-46-22-8-2-9-23-46)79-66-62(73-41-48-26-12-4-13-27-48)60(72-42-49-36-37-50-28-20-21-35-54(50)38-49)59(78-65(69)53-33-18-7-19-34-53)56(76-66)44-74-63(67)51-29-14-5-15-30-51/h2-38,45,55-62,66H,39-44H2,1H3. The topological polar surface area (TPSA) is 144 Å². The second kappa shape index (κ2) is 27.2. The lowest BCUT2D eigenvalue weighted by atomic mass is 9.93. The summed E-state index contributed by atoms with van der Waals surface area (Å²) in [6, 6.07) is 68.9. The molecule has 8 aromatic carbocycles. The zero-order chi connectivity index (χ0) is 54.2. The summed E-state index contributed by atoms with van der Waals surface area (Å²) in [7, 11) is 0. The molecule has 0 aliphatic carbocycles. The molecule has 8 aromatic rings. The van der Waals surface area contributed by atoms with Gasteiger partial charge in [-0.15, -0.1) is 0 Å². The van der Waals surface area contributed by atoms with E-state index in [0.717, 1.165) is 33.0 Å². The molecule has 10 rings (SSSR count). The number of ether oxygens (including phenoxy) is 10. The molecule has 10 atom stereocenters. The third-order valence-corrected chi connectivity index (χ3v) is 13.9. The zero-order valence-electron chi connectivity index (χ0n) is 43.7. The van der Waals surface area contributed by atoms with E-state index in [4.69, 9.17) is 47.4 Å². The van der Waals surface area contributed by atoms with Crippen LogP contribution in [0.4, 0.5) is 0 Å². The summed E-state index contributed by atoms with van der Waals surface area (Å²) in [5.41, 5.74) is 4.35. The van der Waals surface area contributed by atoms with E-state index in [1.807, 2.05) is 146 Å². The van der Waals surface area contributed by atoms with Crippen LogP contribution in [0.15, 0.2) is 224 Å².